The van der Waals surface area contributed by atoms with Gasteiger partial charge in [0.05, 0.1) is 13.0 Å². The molecule has 0 bridgehead atoms. The maximum atomic E-state index is 11.1. The number of carboxylic acid groups (broad SMARTS) is 1. The Morgan fingerprint density at radius 3 is 2.29 bits per heavy atom. The summed E-state index contributed by atoms with van der Waals surface area (Å²) in [7, 11) is -2.44. The van der Waals surface area contributed by atoms with E-state index in [2.05, 4.69) is 33.0 Å². The molecule has 0 aliphatic rings. The second kappa shape index (κ2) is 11.0. The summed E-state index contributed by atoms with van der Waals surface area (Å²) in [5, 5.41) is 32.2. The lowest BCUT2D eigenvalue weighted by Gasteiger charge is -2.39. The van der Waals surface area contributed by atoms with Crippen molar-refractivity contribution in [1.29, 1.82) is 0 Å². The average molecular weight is 488 g/mol. The first-order valence-corrected chi connectivity index (χ1v) is 14.8. The van der Waals surface area contributed by atoms with Crippen LogP contribution >= 0.6 is 0 Å². The van der Waals surface area contributed by atoms with Crippen LogP contribution in [0.25, 0.3) is 0 Å². The molecule has 0 radical (unpaired) electrons. The summed E-state index contributed by atoms with van der Waals surface area (Å²) in [5.74, 6) is -0.695. The molecule has 0 aliphatic carbocycles. The van der Waals surface area contributed by atoms with Gasteiger partial charge in [0.1, 0.15) is 5.75 Å². The lowest BCUT2D eigenvalue weighted by Crippen LogP contribution is -2.45. The van der Waals surface area contributed by atoms with E-state index in [0.717, 1.165) is 29.5 Å². The predicted molar refractivity (Wildman–Crippen MR) is 139 cm³/mol. The van der Waals surface area contributed by atoms with Gasteiger partial charge in [-0.15, -0.1) is 0 Å². The highest BCUT2D eigenvalue weighted by molar-refractivity contribution is 6.72. The number of aliphatic carboxylic acids is 1. The molecule has 0 heterocycles. The lowest BCUT2D eigenvalue weighted by atomic mass is 9.87. The SMILES string of the molecule is CC(C)(Cc1cccc(CC(=O)O)c1)NC[C@H](CC(C)(C)[Si](C)(C)O)c1ccc(O)c(CO)c1. The molecule has 2 aromatic carbocycles. The van der Waals surface area contributed by atoms with Gasteiger partial charge in [-0.1, -0.05) is 44.2 Å². The van der Waals surface area contributed by atoms with E-state index in [0.29, 0.717) is 12.1 Å². The molecule has 7 heteroatoms. The molecule has 188 valence electrons. The fourth-order valence-electron chi connectivity index (χ4n) is 4.16. The smallest absolute Gasteiger partial charge is 0.307 e. The number of hydrogen-bond donors (Lipinski definition) is 5. The molecule has 6 nitrogen and oxygen atoms in total. The Bertz CT molecular complexity index is 981. The van der Waals surface area contributed by atoms with E-state index >= 15 is 0 Å². The molecule has 0 spiro atoms. The van der Waals surface area contributed by atoms with E-state index in [-0.39, 0.29) is 35.3 Å². The quantitative estimate of drug-likeness (QED) is 0.281. The zero-order chi connectivity index (χ0) is 25.7. The van der Waals surface area contributed by atoms with Crippen LogP contribution in [0.15, 0.2) is 42.5 Å². The van der Waals surface area contributed by atoms with E-state index in [1.807, 2.05) is 49.5 Å². The topological polar surface area (TPSA) is 110 Å². The van der Waals surface area contributed by atoms with Crippen molar-refractivity contribution in [2.24, 2.45) is 0 Å². The Labute approximate surface area is 204 Å². The Hall–Kier alpha value is -2.19. The molecule has 2 aromatic rings. The second-order valence-corrected chi connectivity index (χ2v) is 15.7. The molecule has 34 heavy (non-hydrogen) atoms. The van der Waals surface area contributed by atoms with Crippen LogP contribution in [0.2, 0.25) is 18.1 Å². The molecule has 0 aliphatic heterocycles. The molecule has 0 fully saturated rings. The number of carbonyl (C=O) groups is 1. The summed E-state index contributed by atoms with van der Waals surface area (Å²) in [4.78, 5) is 22.0. The minimum Gasteiger partial charge on any atom is -0.508 e. The van der Waals surface area contributed by atoms with Gasteiger partial charge >= 0.3 is 5.97 Å². The Morgan fingerprint density at radius 1 is 1.06 bits per heavy atom. The van der Waals surface area contributed by atoms with E-state index in [9.17, 15) is 19.8 Å². The van der Waals surface area contributed by atoms with E-state index in [1.165, 1.54) is 0 Å². The van der Waals surface area contributed by atoms with Crippen molar-refractivity contribution in [3.8, 4) is 5.75 Å². The first-order valence-electron chi connectivity index (χ1n) is 11.8. The number of carboxylic acids is 1. The molecule has 2 rings (SSSR count). The van der Waals surface area contributed by atoms with Crippen LogP contribution in [0, 0.1) is 0 Å². The van der Waals surface area contributed by atoms with Crippen molar-refractivity contribution in [3.05, 3.63) is 64.7 Å². The third-order valence-corrected chi connectivity index (χ3v) is 10.5. The Kier molecular flexibility index (Phi) is 9.10. The van der Waals surface area contributed by atoms with Crippen LogP contribution in [0.4, 0.5) is 0 Å². The number of hydrogen-bond acceptors (Lipinski definition) is 5. The van der Waals surface area contributed by atoms with Gasteiger partial charge in [0.2, 0.25) is 0 Å². The Balaban J connectivity index is 2.24. The van der Waals surface area contributed by atoms with Gasteiger partial charge < -0.3 is 25.4 Å². The first-order chi connectivity index (χ1) is 15.6. The molecule has 0 saturated carbocycles. The van der Waals surface area contributed by atoms with E-state index < -0.39 is 14.3 Å². The molecule has 5 N–H and O–H groups in total. The van der Waals surface area contributed by atoms with Crippen molar-refractivity contribution in [2.45, 2.75) is 83.2 Å². The summed E-state index contributed by atoms with van der Waals surface area (Å²) in [6.45, 7) is 12.8. The average Bonchev–Trinajstić information content (AvgIpc) is 2.70. The molecular formula is C27H41NO5Si. The van der Waals surface area contributed by atoms with Gasteiger partial charge in [-0.25, -0.2) is 0 Å². The summed E-state index contributed by atoms with van der Waals surface area (Å²) in [6.07, 6.45) is 1.50. The predicted octanol–water partition coefficient (Wildman–Crippen LogP) is 4.57. The number of nitrogens with one attached hydrogen (secondary N) is 1. The van der Waals surface area contributed by atoms with E-state index in [1.54, 1.807) is 6.07 Å². The highest BCUT2D eigenvalue weighted by Crippen LogP contribution is 2.44. The van der Waals surface area contributed by atoms with Crippen LogP contribution in [0.5, 0.6) is 5.75 Å². The molecular weight excluding hydrogens is 446 g/mol. The Morgan fingerprint density at radius 2 is 1.71 bits per heavy atom. The lowest BCUT2D eigenvalue weighted by molar-refractivity contribution is -0.136. The van der Waals surface area contributed by atoms with Crippen molar-refractivity contribution in [1.82, 2.24) is 5.32 Å². The molecule has 1 atom stereocenters. The van der Waals surface area contributed by atoms with Crippen molar-refractivity contribution in [2.75, 3.05) is 6.54 Å². The fourth-order valence-corrected chi connectivity index (χ4v) is 4.90. The minimum atomic E-state index is -2.44. The van der Waals surface area contributed by atoms with Crippen molar-refractivity contribution in [3.63, 3.8) is 0 Å². The fraction of sp³-hybridized carbons (Fsp3) is 0.519. The van der Waals surface area contributed by atoms with Gasteiger partial charge in [0.25, 0.3) is 0 Å². The van der Waals surface area contributed by atoms with Crippen LogP contribution in [-0.2, 0) is 24.2 Å². The third-order valence-electron chi connectivity index (χ3n) is 6.98. The molecule has 0 amide bonds. The van der Waals surface area contributed by atoms with Crippen LogP contribution in [-0.4, -0.2) is 46.5 Å². The highest BCUT2D eigenvalue weighted by Gasteiger charge is 2.40. The van der Waals surface area contributed by atoms with Crippen molar-refractivity contribution < 1.29 is 24.9 Å². The highest BCUT2D eigenvalue weighted by atomic mass is 28.4. The van der Waals surface area contributed by atoms with Crippen molar-refractivity contribution >= 4 is 14.3 Å². The minimum absolute atomic E-state index is 0.00767. The second-order valence-electron chi connectivity index (χ2n) is 11.2. The zero-order valence-corrected chi connectivity index (χ0v) is 22.4. The molecule has 0 saturated heterocycles. The summed E-state index contributed by atoms with van der Waals surface area (Å²) in [5.41, 5.74) is 3.11. The zero-order valence-electron chi connectivity index (χ0n) is 21.4. The summed E-state index contributed by atoms with van der Waals surface area (Å²) in [6, 6.07) is 13.1. The van der Waals surface area contributed by atoms with Crippen LogP contribution in [0.1, 0.15) is 62.3 Å². The molecule has 0 aromatic heterocycles. The number of aromatic hydroxyl groups is 1. The van der Waals surface area contributed by atoms with Gasteiger partial charge in [-0.2, -0.15) is 0 Å². The first kappa shape index (κ1) is 28.0. The number of aliphatic hydroxyl groups excluding tert-OH is 1. The number of rotatable bonds is 12. The monoisotopic (exact) mass is 487 g/mol. The van der Waals surface area contributed by atoms with E-state index in [4.69, 9.17) is 5.11 Å². The van der Waals surface area contributed by atoms with Gasteiger partial charge in [0.15, 0.2) is 8.32 Å². The maximum absolute atomic E-state index is 11.1. The maximum Gasteiger partial charge on any atom is 0.307 e. The third kappa shape index (κ3) is 7.94. The number of aliphatic hydroxyl groups is 1. The molecule has 0 unspecified atom stereocenters. The summed E-state index contributed by atoms with van der Waals surface area (Å²) >= 11 is 0. The van der Waals surface area contributed by atoms with Crippen LogP contribution < -0.4 is 5.32 Å². The number of phenols is 1. The van der Waals surface area contributed by atoms with Crippen LogP contribution in [0.3, 0.4) is 0 Å². The number of benzene rings is 2. The van der Waals surface area contributed by atoms with Gasteiger partial charge in [0, 0.05) is 17.6 Å². The summed E-state index contributed by atoms with van der Waals surface area (Å²) < 4.78 is 0. The van der Waals surface area contributed by atoms with Gasteiger partial charge in [-0.05, 0) is 79.6 Å². The standard InChI is InChI=1S/C27H41NO5Si/c1-26(2,15-20-9-7-8-19(12-20)13-25(31)32)28-17-23(16-27(3,4)34(5,6)33)21-10-11-24(30)22(14-21)18-29/h7-12,14,23,28-30,33H,13,15-18H2,1-6H3,(H,31,32)/t23-/m0/s1. The normalized spacial score (nSPS) is 13.6. The largest absolute Gasteiger partial charge is 0.508 e. The van der Waals surface area contributed by atoms with Gasteiger partial charge in [-0.3, -0.25) is 4.79 Å².